The van der Waals surface area contributed by atoms with Crippen LogP contribution in [-0.4, -0.2) is 29.1 Å². The maximum atomic E-state index is 13.2. The van der Waals surface area contributed by atoms with E-state index < -0.39 is 28.0 Å². The van der Waals surface area contributed by atoms with E-state index in [0.717, 1.165) is 6.07 Å². The number of carboxylic acid groups (broad SMARTS) is 1. The van der Waals surface area contributed by atoms with Crippen LogP contribution >= 0.6 is 0 Å². The van der Waals surface area contributed by atoms with E-state index in [1.807, 2.05) is 0 Å². The molecule has 0 saturated carbocycles. The van der Waals surface area contributed by atoms with Gasteiger partial charge in [0.25, 0.3) is 5.69 Å². The van der Waals surface area contributed by atoms with Gasteiger partial charge in [0.15, 0.2) is 0 Å². The van der Waals surface area contributed by atoms with Gasteiger partial charge in [-0.2, -0.15) is 0 Å². The molecule has 0 atom stereocenters. The van der Waals surface area contributed by atoms with Gasteiger partial charge in [0.05, 0.1) is 16.6 Å². The van der Waals surface area contributed by atoms with E-state index >= 15 is 0 Å². The molecule has 7 nitrogen and oxygen atoms in total. The van der Waals surface area contributed by atoms with E-state index in [4.69, 9.17) is 10.8 Å². The van der Waals surface area contributed by atoms with Crippen LogP contribution in [0.25, 0.3) is 0 Å². The second kappa shape index (κ2) is 5.21. The van der Waals surface area contributed by atoms with Gasteiger partial charge >= 0.3 is 5.97 Å². The number of nitro benzene ring substituents is 1. The van der Waals surface area contributed by atoms with Gasteiger partial charge in [0.2, 0.25) is 0 Å². The fourth-order valence-electron chi connectivity index (χ4n) is 1.23. The van der Waals surface area contributed by atoms with Crippen LogP contribution in [0.2, 0.25) is 0 Å². The Morgan fingerprint density at radius 1 is 1.59 bits per heavy atom. The number of hydrogen-bond donors (Lipinski definition) is 3. The molecule has 8 heteroatoms. The van der Waals surface area contributed by atoms with Crippen LogP contribution in [0.4, 0.5) is 15.8 Å². The molecule has 0 bridgehead atoms. The van der Waals surface area contributed by atoms with E-state index in [-0.39, 0.29) is 18.8 Å². The lowest BCUT2D eigenvalue weighted by Gasteiger charge is -2.07. The number of nitro groups is 1. The van der Waals surface area contributed by atoms with Gasteiger partial charge in [-0.25, -0.2) is 9.18 Å². The van der Waals surface area contributed by atoms with Crippen LogP contribution in [0.3, 0.4) is 0 Å². The molecule has 0 fully saturated rings. The SMILES string of the molecule is NCCNc1cc(C(=O)O)c(F)cc1[N+](=O)[O-]. The van der Waals surface area contributed by atoms with Crippen molar-refractivity contribution in [2.24, 2.45) is 5.73 Å². The molecule has 4 N–H and O–H groups in total. The van der Waals surface area contributed by atoms with Crippen molar-refractivity contribution >= 4 is 17.3 Å². The molecule has 0 amide bonds. The zero-order chi connectivity index (χ0) is 13.0. The minimum Gasteiger partial charge on any atom is -0.478 e. The largest absolute Gasteiger partial charge is 0.478 e. The molecule has 1 aromatic carbocycles. The van der Waals surface area contributed by atoms with Gasteiger partial charge in [-0.1, -0.05) is 0 Å². The highest BCUT2D eigenvalue weighted by molar-refractivity contribution is 5.90. The van der Waals surface area contributed by atoms with Crippen LogP contribution in [0.15, 0.2) is 12.1 Å². The summed E-state index contributed by atoms with van der Waals surface area (Å²) < 4.78 is 13.2. The summed E-state index contributed by atoms with van der Waals surface area (Å²) in [6, 6.07) is 1.45. The molecule has 0 heterocycles. The first-order valence-electron chi connectivity index (χ1n) is 4.62. The van der Waals surface area contributed by atoms with Gasteiger partial charge in [-0.15, -0.1) is 0 Å². The predicted molar refractivity (Wildman–Crippen MR) is 57.6 cm³/mol. The lowest BCUT2D eigenvalue weighted by molar-refractivity contribution is -0.384. The fraction of sp³-hybridized carbons (Fsp3) is 0.222. The number of carbonyl (C=O) groups is 1. The maximum absolute atomic E-state index is 13.2. The normalized spacial score (nSPS) is 10.0. The van der Waals surface area contributed by atoms with Crippen LogP contribution in [0.1, 0.15) is 10.4 Å². The molecule has 0 aliphatic carbocycles. The van der Waals surface area contributed by atoms with Gasteiger partial charge in [0.1, 0.15) is 11.5 Å². The molecule has 0 saturated heterocycles. The summed E-state index contributed by atoms with van der Waals surface area (Å²) in [6.07, 6.45) is 0. The van der Waals surface area contributed by atoms with Crippen LogP contribution in [0, 0.1) is 15.9 Å². The first kappa shape index (κ1) is 12.8. The minimum atomic E-state index is -1.49. The summed E-state index contributed by atoms with van der Waals surface area (Å²) in [7, 11) is 0. The molecule has 17 heavy (non-hydrogen) atoms. The maximum Gasteiger partial charge on any atom is 0.338 e. The van der Waals surface area contributed by atoms with E-state index in [1.54, 1.807) is 0 Å². The molecule has 92 valence electrons. The zero-order valence-corrected chi connectivity index (χ0v) is 8.64. The lowest BCUT2D eigenvalue weighted by atomic mass is 10.1. The second-order valence-corrected chi connectivity index (χ2v) is 3.13. The van der Waals surface area contributed by atoms with Crippen molar-refractivity contribution in [1.29, 1.82) is 0 Å². The first-order chi connectivity index (χ1) is 7.97. The Balaban J connectivity index is 3.26. The number of nitrogens with two attached hydrogens (primary N) is 1. The molecule has 1 rings (SSSR count). The number of nitrogens with zero attached hydrogens (tertiary/aromatic N) is 1. The van der Waals surface area contributed by atoms with Crippen molar-refractivity contribution < 1.29 is 19.2 Å². The van der Waals surface area contributed by atoms with Crippen molar-refractivity contribution in [2.75, 3.05) is 18.4 Å². The molecular formula is C9H10FN3O4. The Kier molecular flexibility index (Phi) is 3.94. The highest BCUT2D eigenvalue weighted by atomic mass is 19.1. The monoisotopic (exact) mass is 243 g/mol. The third-order valence-electron chi connectivity index (χ3n) is 1.97. The summed E-state index contributed by atoms with van der Waals surface area (Å²) in [6.45, 7) is 0.419. The topological polar surface area (TPSA) is 118 Å². The van der Waals surface area contributed by atoms with E-state index in [0.29, 0.717) is 6.07 Å². The average molecular weight is 243 g/mol. The van der Waals surface area contributed by atoms with E-state index in [1.165, 1.54) is 0 Å². The summed E-state index contributed by atoms with van der Waals surface area (Å²) >= 11 is 0. The van der Waals surface area contributed by atoms with Crippen molar-refractivity contribution in [1.82, 2.24) is 0 Å². The Bertz CT molecular complexity index is 464. The molecule has 1 aromatic rings. The molecule has 0 aliphatic rings. The van der Waals surface area contributed by atoms with Crippen molar-refractivity contribution in [2.45, 2.75) is 0 Å². The highest BCUT2D eigenvalue weighted by Gasteiger charge is 2.21. The van der Waals surface area contributed by atoms with Crippen LogP contribution in [-0.2, 0) is 0 Å². The fourth-order valence-corrected chi connectivity index (χ4v) is 1.23. The zero-order valence-electron chi connectivity index (χ0n) is 8.64. The molecule has 0 aliphatic heterocycles. The summed E-state index contributed by atoms with van der Waals surface area (Å²) in [5.41, 5.74) is 3.98. The predicted octanol–water partition coefficient (Wildman–Crippen LogP) is 0.803. The Morgan fingerprint density at radius 3 is 2.71 bits per heavy atom. The quantitative estimate of drug-likeness (QED) is 0.520. The van der Waals surface area contributed by atoms with E-state index in [2.05, 4.69) is 5.32 Å². The number of carboxylic acids is 1. The molecule has 0 aromatic heterocycles. The number of benzene rings is 1. The number of nitrogens with one attached hydrogen (secondary N) is 1. The third kappa shape index (κ3) is 2.88. The second-order valence-electron chi connectivity index (χ2n) is 3.13. The van der Waals surface area contributed by atoms with Crippen molar-refractivity contribution in [3.63, 3.8) is 0 Å². The molecule has 0 spiro atoms. The summed E-state index contributed by atoms with van der Waals surface area (Å²) in [5, 5.41) is 21.9. The lowest BCUT2D eigenvalue weighted by Crippen LogP contribution is -2.15. The van der Waals surface area contributed by atoms with Gasteiger partial charge in [-0.05, 0) is 6.07 Å². The number of hydrogen-bond acceptors (Lipinski definition) is 5. The Labute approximate surface area is 95.2 Å². The smallest absolute Gasteiger partial charge is 0.338 e. The Morgan fingerprint density at radius 2 is 2.24 bits per heavy atom. The van der Waals surface area contributed by atoms with Gasteiger partial charge < -0.3 is 16.2 Å². The molecule has 0 unspecified atom stereocenters. The third-order valence-corrected chi connectivity index (χ3v) is 1.97. The van der Waals surface area contributed by atoms with Gasteiger partial charge in [-0.3, -0.25) is 10.1 Å². The van der Waals surface area contributed by atoms with Crippen molar-refractivity contribution in [3.05, 3.63) is 33.6 Å². The number of rotatable bonds is 5. The van der Waals surface area contributed by atoms with Gasteiger partial charge in [0, 0.05) is 13.1 Å². The number of halogens is 1. The van der Waals surface area contributed by atoms with E-state index in [9.17, 15) is 19.3 Å². The Hall–Kier alpha value is -2.22. The number of aromatic carboxylic acids is 1. The average Bonchev–Trinajstić information content (AvgIpc) is 2.26. The number of anilines is 1. The van der Waals surface area contributed by atoms with Crippen LogP contribution in [0.5, 0.6) is 0 Å². The molecule has 0 radical (unpaired) electrons. The standard InChI is InChI=1S/C9H10FN3O4/c10-6-4-8(13(16)17)7(12-2-1-11)3-5(6)9(14)15/h3-4,12H,1-2,11H2,(H,14,15). The summed E-state index contributed by atoms with van der Waals surface area (Å²) in [4.78, 5) is 20.5. The van der Waals surface area contributed by atoms with Crippen LogP contribution < -0.4 is 11.1 Å². The first-order valence-corrected chi connectivity index (χ1v) is 4.62. The van der Waals surface area contributed by atoms with Crippen molar-refractivity contribution in [3.8, 4) is 0 Å². The highest BCUT2D eigenvalue weighted by Crippen LogP contribution is 2.27. The molecular weight excluding hydrogens is 233 g/mol. The summed E-state index contributed by atoms with van der Waals surface area (Å²) in [5.74, 6) is -2.64. The minimum absolute atomic E-state index is 0.0701.